The van der Waals surface area contributed by atoms with Crippen LogP contribution in [0, 0.1) is 6.92 Å². The first-order valence-electron chi connectivity index (χ1n) is 6.15. The lowest BCUT2D eigenvalue weighted by molar-refractivity contribution is -0.137. The second-order valence-electron chi connectivity index (χ2n) is 4.41. The Morgan fingerprint density at radius 3 is 2.63 bits per heavy atom. The number of aromatic nitrogens is 1. The molecule has 6 nitrogen and oxygen atoms in total. The third-order valence-electron chi connectivity index (χ3n) is 3.30. The van der Waals surface area contributed by atoms with Gasteiger partial charge in [0.05, 0.1) is 12.2 Å². The van der Waals surface area contributed by atoms with Gasteiger partial charge in [0.1, 0.15) is 5.69 Å². The second-order valence-corrected chi connectivity index (χ2v) is 4.41. The Balaban J connectivity index is 2.53. The van der Waals surface area contributed by atoms with Gasteiger partial charge in [-0.2, -0.15) is 0 Å². The van der Waals surface area contributed by atoms with Crippen molar-refractivity contribution in [3.8, 4) is 0 Å². The first-order chi connectivity index (χ1) is 8.99. The molecule has 0 saturated heterocycles. The van der Waals surface area contributed by atoms with Crippen LogP contribution in [0.15, 0.2) is 0 Å². The Kier molecular flexibility index (Phi) is 3.42. The fourth-order valence-corrected chi connectivity index (χ4v) is 2.59. The van der Waals surface area contributed by atoms with Crippen molar-refractivity contribution in [1.29, 1.82) is 0 Å². The van der Waals surface area contributed by atoms with Crippen molar-refractivity contribution in [3.05, 3.63) is 22.5 Å². The molecule has 0 aliphatic carbocycles. The van der Waals surface area contributed by atoms with Crippen LogP contribution in [-0.2, 0) is 22.5 Å². The van der Waals surface area contributed by atoms with Gasteiger partial charge >= 0.3 is 11.9 Å². The van der Waals surface area contributed by atoms with Gasteiger partial charge < -0.3 is 14.4 Å². The highest BCUT2D eigenvalue weighted by Gasteiger charge is 2.33. The average Bonchev–Trinajstić information content (AvgIpc) is 2.87. The minimum absolute atomic E-state index is 0.0974. The molecule has 0 aromatic carbocycles. The van der Waals surface area contributed by atoms with Crippen LogP contribution in [0.1, 0.15) is 45.4 Å². The van der Waals surface area contributed by atoms with Crippen LogP contribution in [0.3, 0.4) is 0 Å². The van der Waals surface area contributed by atoms with Crippen molar-refractivity contribution in [2.24, 2.45) is 0 Å². The van der Waals surface area contributed by atoms with E-state index in [1.165, 1.54) is 0 Å². The molecule has 0 spiro atoms. The first-order valence-corrected chi connectivity index (χ1v) is 6.15. The molecule has 0 atom stereocenters. The first kappa shape index (κ1) is 13.3. The van der Waals surface area contributed by atoms with E-state index in [2.05, 4.69) is 0 Å². The minimum Gasteiger partial charge on any atom is -0.477 e. The van der Waals surface area contributed by atoms with Gasteiger partial charge in [0.25, 0.3) is 5.78 Å². The van der Waals surface area contributed by atoms with E-state index in [0.717, 1.165) is 6.42 Å². The van der Waals surface area contributed by atoms with E-state index < -0.39 is 17.7 Å². The van der Waals surface area contributed by atoms with E-state index in [1.807, 2.05) is 0 Å². The molecule has 102 valence electrons. The summed E-state index contributed by atoms with van der Waals surface area (Å²) < 4.78 is 6.31. The molecule has 0 unspecified atom stereocenters. The molecule has 1 aliphatic heterocycles. The van der Waals surface area contributed by atoms with E-state index in [0.29, 0.717) is 24.2 Å². The molecule has 1 aromatic heterocycles. The summed E-state index contributed by atoms with van der Waals surface area (Å²) in [5, 5.41) is 9.22. The fourth-order valence-electron chi connectivity index (χ4n) is 2.59. The molecule has 0 radical (unpaired) electrons. The van der Waals surface area contributed by atoms with E-state index in [9.17, 15) is 19.5 Å². The van der Waals surface area contributed by atoms with Gasteiger partial charge in [0.15, 0.2) is 0 Å². The molecule has 1 aliphatic rings. The van der Waals surface area contributed by atoms with Gasteiger partial charge in [-0.3, -0.25) is 4.79 Å². The zero-order chi connectivity index (χ0) is 14.2. The summed E-state index contributed by atoms with van der Waals surface area (Å²) >= 11 is 0. The molecule has 0 saturated carbocycles. The predicted octanol–water partition coefficient (Wildman–Crippen LogP) is 1.19. The van der Waals surface area contributed by atoms with Crippen LogP contribution in [0.2, 0.25) is 0 Å². The summed E-state index contributed by atoms with van der Waals surface area (Å²) in [6, 6.07) is 0. The van der Waals surface area contributed by atoms with Crippen molar-refractivity contribution >= 4 is 17.7 Å². The maximum atomic E-state index is 12.1. The lowest BCUT2D eigenvalue weighted by Gasteiger charge is -2.02. The third kappa shape index (κ3) is 2.03. The molecule has 2 heterocycles. The van der Waals surface area contributed by atoms with Gasteiger partial charge in [0.2, 0.25) is 0 Å². The molecule has 0 fully saturated rings. The largest absolute Gasteiger partial charge is 0.477 e. The third-order valence-corrected chi connectivity index (χ3v) is 3.30. The highest BCUT2D eigenvalue weighted by molar-refractivity contribution is 6.41. The minimum atomic E-state index is -1.08. The van der Waals surface area contributed by atoms with Crippen molar-refractivity contribution < 1.29 is 24.2 Å². The summed E-state index contributed by atoms with van der Waals surface area (Å²) in [7, 11) is 0. The Morgan fingerprint density at radius 2 is 2.05 bits per heavy atom. The van der Waals surface area contributed by atoms with Crippen LogP contribution in [-0.4, -0.2) is 34.0 Å². The molecular formula is C13H15NO5. The van der Waals surface area contributed by atoms with Gasteiger partial charge in [-0.25, -0.2) is 9.59 Å². The summed E-state index contributed by atoms with van der Waals surface area (Å²) in [5.74, 6) is -2.76. The SMILES string of the molecule is CCOC(=O)C(=O)c1c(C)c(C(=O)O)n2c1CCC2. The van der Waals surface area contributed by atoms with E-state index in [4.69, 9.17) is 4.74 Å². The van der Waals surface area contributed by atoms with Crippen molar-refractivity contribution in [2.45, 2.75) is 33.2 Å². The molecule has 0 bridgehead atoms. The zero-order valence-corrected chi connectivity index (χ0v) is 10.9. The number of Topliss-reactive ketones (excluding diaryl/α,β-unsaturated/α-hetero) is 1. The summed E-state index contributed by atoms with van der Waals surface area (Å²) in [6.45, 7) is 3.85. The maximum Gasteiger partial charge on any atom is 0.379 e. The lowest BCUT2D eigenvalue weighted by Crippen LogP contribution is -2.19. The monoisotopic (exact) mass is 265 g/mol. The summed E-state index contributed by atoms with van der Waals surface area (Å²) in [5.41, 5.74) is 1.28. The normalized spacial score (nSPS) is 13.2. The van der Waals surface area contributed by atoms with E-state index in [-0.39, 0.29) is 17.9 Å². The molecule has 0 amide bonds. The van der Waals surface area contributed by atoms with Crippen LogP contribution < -0.4 is 0 Å². The number of ether oxygens (including phenoxy) is 1. The van der Waals surface area contributed by atoms with Gasteiger partial charge in [-0.15, -0.1) is 0 Å². The van der Waals surface area contributed by atoms with Crippen LogP contribution in [0.4, 0.5) is 0 Å². The Hall–Kier alpha value is -2.11. The second kappa shape index (κ2) is 4.87. The van der Waals surface area contributed by atoms with Crippen LogP contribution in [0.5, 0.6) is 0 Å². The van der Waals surface area contributed by atoms with Gasteiger partial charge in [-0.05, 0) is 32.3 Å². The highest BCUT2D eigenvalue weighted by atomic mass is 16.5. The number of carbonyl (C=O) groups excluding carboxylic acids is 2. The summed E-state index contributed by atoms with van der Waals surface area (Å²) in [6.07, 6.45) is 1.38. The number of nitrogens with zero attached hydrogens (tertiary/aromatic N) is 1. The Morgan fingerprint density at radius 1 is 1.37 bits per heavy atom. The number of hydrogen-bond donors (Lipinski definition) is 1. The maximum absolute atomic E-state index is 12.1. The van der Waals surface area contributed by atoms with Crippen molar-refractivity contribution in [1.82, 2.24) is 4.57 Å². The van der Waals surface area contributed by atoms with Crippen molar-refractivity contribution in [2.75, 3.05) is 6.61 Å². The topological polar surface area (TPSA) is 85.6 Å². The Bertz CT molecular complexity index is 570. The van der Waals surface area contributed by atoms with Crippen LogP contribution >= 0.6 is 0 Å². The molecule has 6 heteroatoms. The Labute approximate surface area is 110 Å². The molecule has 1 aromatic rings. The number of carboxylic acid groups (broad SMARTS) is 1. The number of carboxylic acids is 1. The average molecular weight is 265 g/mol. The quantitative estimate of drug-likeness (QED) is 0.502. The standard InChI is InChI=1S/C13H15NO5/c1-3-19-13(18)11(15)9-7(2)10(12(16)17)14-6-4-5-8(9)14/h3-6H2,1-2H3,(H,16,17). The summed E-state index contributed by atoms with van der Waals surface area (Å²) in [4.78, 5) is 34.9. The number of ketones is 1. The number of esters is 1. The number of rotatable bonds is 4. The molecule has 19 heavy (non-hydrogen) atoms. The van der Waals surface area contributed by atoms with Gasteiger partial charge in [-0.1, -0.05) is 0 Å². The van der Waals surface area contributed by atoms with E-state index >= 15 is 0 Å². The van der Waals surface area contributed by atoms with Crippen molar-refractivity contribution in [3.63, 3.8) is 0 Å². The zero-order valence-electron chi connectivity index (χ0n) is 10.9. The predicted molar refractivity (Wildman–Crippen MR) is 65.4 cm³/mol. The van der Waals surface area contributed by atoms with E-state index in [1.54, 1.807) is 18.4 Å². The smallest absolute Gasteiger partial charge is 0.379 e. The van der Waals surface area contributed by atoms with Crippen LogP contribution in [0.25, 0.3) is 0 Å². The molecular weight excluding hydrogens is 250 g/mol. The molecule has 1 N–H and O–H groups in total. The highest BCUT2D eigenvalue weighted by Crippen LogP contribution is 2.29. The fraction of sp³-hybridized carbons (Fsp3) is 0.462. The number of fused-ring (bicyclic) bond motifs is 1. The molecule has 2 rings (SSSR count). The number of carbonyl (C=O) groups is 3. The number of hydrogen-bond acceptors (Lipinski definition) is 4. The number of aromatic carboxylic acids is 1. The lowest BCUT2D eigenvalue weighted by atomic mass is 10.0. The van der Waals surface area contributed by atoms with Gasteiger partial charge in [0, 0.05) is 12.2 Å².